The standard InChI is InChI=1S/C33H48N10O5/c1-19(29(45)41-24(28(36)44)16-20-10-12-21(18-34)13-11-20)40-30(46)26-9-5-15-42(26)32(48)27-17-22-6-2-3-8-25(22)43(27)31(47)23(35)7-4-14-39-33(37)38/h10-13,19,22-27H,2-9,14-17,35H2,1H3,(H2,36,44)(H,40,46)(H,41,45)(H4,37,38,39)/t19-,22+,23-,24+,25+,26+,27+/m1/s1. The number of benzene rings is 1. The molecule has 0 bridgehead atoms. The van der Waals surface area contributed by atoms with Crippen LogP contribution in [-0.4, -0.2) is 94.6 Å². The molecule has 1 aromatic rings. The third-order valence-electron chi connectivity index (χ3n) is 9.69. The van der Waals surface area contributed by atoms with E-state index >= 15 is 0 Å². The number of nitriles is 1. The topological polar surface area (TPSA) is 256 Å². The summed E-state index contributed by atoms with van der Waals surface area (Å²) in [6.07, 6.45) is 6.23. The monoisotopic (exact) mass is 664 g/mol. The van der Waals surface area contributed by atoms with Gasteiger partial charge in [0.2, 0.25) is 29.5 Å². The highest BCUT2D eigenvalue weighted by molar-refractivity contribution is 5.96. The van der Waals surface area contributed by atoms with Gasteiger partial charge in [-0.25, -0.2) is 0 Å². The van der Waals surface area contributed by atoms with Gasteiger partial charge in [0.15, 0.2) is 5.96 Å². The van der Waals surface area contributed by atoms with Gasteiger partial charge in [-0.15, -0.1) is 0 Å². The van der Waals surface area contributed by atoms with Crippen molar-refractivity contribution < 1.29 is 24.0 Å². The molecule has 260 valence electrons. The Morgan fingerprint density at radius 3 is 2.38 bits per heavy atom. The quantitative estimate of drug-likeness (QED) is 0.0867. The predicted octanol–water partition coefficient (Wildman–Crippen LogP) is -0.893. The molecule has 3 fully saturated rings. The number of primary amides is 1. The molecular formula is C33H48N10O5. The number of hydrogen-bond donors (Lipinski definition) is 6. The van der Waals surface area contributed by atoms with E-state index in [0.29, 0.717) is 56.3 Å². The number of amides is 5. The molecule has 15 nitrogen and oxygen atoms in total. The first-order chi connectivity index (χ1) is 22.9. The van der Waals surface area contributed by atoms with Crippen LogP contribution in [0.25, 0.3) is 0 Å². The molecule has 1 aliphatic carbocycles. The molecule has 15 heteroatoms. The molecule has 48 heavy (non-hydrogen) atoms. The van der Waals surface area contributed by atoms with E-state index in [-0.39, 0.29) is 36.2 Å². The van der Waals surface area contributed by atoms with Crippen molar-refractivity contribution in [2.45, 2.75) is 107 Å². The molecule has 0 unspecified atom stereocenters. The number of carbonyl (C=O) groups excluding carboxylic acids is 5. The SMILES string of the molecule is C[C@@H](NC(=O)[C@@H]1CCCN1C(=O)[C@@H]1C[C@@H]2CCCC[C@@H]2N1C(=O)[C@H](N)CCCN=C(N)N)C(=O)N[C@@H](Cc1ccc(C#N)cc1)C(N)=O. The molecule has 2 saturated heterocycles. The van der Waals surface area contributed by atoms with Crippen LogP contribution >= 0.6 is 0 Å². The molecule has 3 aliphatic rings. The largest absolute Gasteiger partial charge is 0.370 e. The Morgan fingerprint density at radius 2 is 1.71 bits per heavy atom. The molecular weight excluding hydrogens is 616 g/mol. The van der Waals surface area contributed by atoms with E-state index in [1.54, 1.807) is 29.2 Å². The van der Waals surface area contributed by atoms with Gasteiger partial charge in [-0.3, -0.25) is 29.0 Å². The first-order valence-corrected chi connectivity index (χ1v) is 16.7. The highest BCUT2D eigenvalue weighted by Crippen LogP contribution is 2.41. The van der Waals surface area contributed by atoms with Crippen molar-refractivity contribution in [3.05, 3.63) is 35.4 Å². The van der Waals surface area contributed by atoms with Crippen molar-refractivity contribution in [2.75, 3.05) is 13.1 Å². The van der Waals surface area contributed by atoms with Crippen LogP contribution in [0.1, 0.15) is 75.8 Å². The summed E-state index contributed by atoms with van der Waals surface area (Å²) in [7, 11) is 0. The van der Waals surface area contributed by atoms with Gasteiger partial charge in [0, 0.05) is 25.6 Å². The number of nitrogens with two attached hydrogens (primary N) is 4. The summed E-state index contributed by atoms with van der Waals surface area (Å²) < 4.78 is 0. The lowest BCUT2D eigenvalue weighted by molar-refractivity contribution is -0.149. The van der Waals surface area contributed by atoms with E-state index in [0.717, 1.165) is 25.7 Å². The number of nitrogens with one attached hydrogen (secondary N) is 2. The smallest absolute Gasteiger partial charge is 0.246 e. The number of fused-ring (bicyclic) bond motifs is 1. The Labute approximate surface area is 280 Å². The van der Waals surface area contributed by atoms with Crippen LogP contribution in [0, 0.1) is 17.2 Å². The zero-order valence-corrected chi connectivity index (χ0v) is 27.5. The van der Waals surface area contributed by atoms with Gasteiger partial charge in [-0.05, 0) is 75.5 Å². The van der Waals surface area contributed by atoms with Crippen LogP contribution in [0.15, 0.2) is 29.3 Å². The summed E-state index contributed by atoms with van der Waals surface area (Å²) in [5, 5.41) is 14.3. The number of hydrogen-bond acceptors (Lipinski definition) is 8. The van der Waals surface area contributed by atoms with Crippen molar-refractivity contribution >= 4 is 35.5 Å². The van der Waals surface area contributed by atoms with Gasteiger partial charge in [-0.2, -0.15) is 5.26 Å². The van der Waals surface area contributed by atoms with Crippen molar-refractivity contribution in [2.24, 2.45) is 33.8 Å². The highest BCUT2D eigenvalue weighted by atomic mass is 16.2. The maximum Gasteiger partial charge on any atom is 0.246 e. The number of likely N-dealkylation sites (tertiary alicyclic amines) is 2. The minimum atomic E-state index is -1.04. The van der Waals surface area contributed by atoms with Crippen molar-refractivity contribution in [1.82, 2.24) is 20.4 Å². The summed E-state index contributed by atoms with van der Waals surface area (Å²) in [5.41, 5.74) is 23.8. The maximum atomic E-state index is 14.1. The van der Waals surface area contributed by atoms with Crippen LogP contribution in [0.2, 0.25) is 0 Å². The zero-order chi connectivity index (χ0) is 35.0. The van der Waals surface area contributed by atoms with Gasteiger partial charge in [0.25, 0.3) is 0 Å². The Kier molecular flexibility index (Phi) is 12.4. The Morgan fingerprint density at radius 1 is 1.00 bits per heavy atom. The Hall–Kier alpha value is -4.71. The number of guanidine groups is 1. The summed E-state index contributed by atoms with van der Waals surface area (Å²) in [4.78, 5) is 73.8. The lowest BCUT2D eigenvalue weighted by Crippen LogP contribution is -2.58. The molecule has 1 aromatic carbocycles. The molecule has 5 amide bonds. The molecule has 2 aliphatic heterocycles. The summed E-state index contributed by atoms with van der Waals surface area (Å²) in [5.74, 6) is -2.24. The minimum Gasteiger partial charge on any atom is -0.370 e. The van der Waals surface area contributed by atoms with Crippen LogP contribution < -0.4 is 33.6 Å². The van der Waals surface area contributed by atoms with Gasteiger partial charge in [0.05, 0.1) is 17.7 Å². The van der Waals surface area contributed by atoms with Crippen molar-refractivity contribution in [3.63, 3.8) is 0 Å². The Bertz CT molecular complexity index is 1420. The van der Waals surface area contributed by atoms with Gasteiger partial charge in [0.1, 0.15) is 24.2 Å². The average molecular weight is 665 g/mol. The van der Waals surface area contributed by atoms with Gasteiger partial charge >= 0.3 is 0 Å². The minimum absolute atomic E-state index is 0.0288. The zero-order valence-electron chi connectivity index (χ0n) is 27.5. The summed E-state index contributed by atoms with van der Waals surface area (Å²) in [6.45, 7) is 2.19. The van der Waals surface area contributed by atoms with Crippen molar-refractivity contribution in [1.29, 1.82) is 5.26 Å². The second kappa shape index (κ2) is 16.4. The van der Waals surface area contributed by atoms with Gasteiger partial charge in [-0.1, -0.05) is 25.0 Å². The van der Waals surface area contributed by atoms with E-state index in [2.05, 4.69) is 15.6 Å². The third kappa shape index (κ3) is 8.80. The third-order valence-corrected chi connectivity index (χ3v) is 9.69. The normalized spacial score (nSPS) is 23.6. The van der Waals surface area contributed by atoms with Gasteiger partial charge < -0.3 is 43.4 Å². The number of carbonyl (C=O) groups is 5. The molecule has 1 saturated carbocycles. The van der Waals surface area contributed by atoms with E-state index < -0.39 is 47.9 Å². The number of nitrogens with zero attached hydrogens (tertiary/aromatic N) is 4. The lowest BCUT2D eigenvalue weighted by atomic mass is 9.84. The fourth-order valence-electron chi connectivity index (χ4n) is 7.17. The summed E-state index contributed by atoms with van der Waals surface area (Å²) >= 11 is 0. The fraction of sp³-hybridized carbons (Fsp3) is 0.606. The molecule has 7 atom stereocenters. The molecule has 0 aromatic heterocycles. The molecule has 0 spiro atoms. The lowest BCUT2D eigenvalue weighted by Gasteiger charge is -2.37. The number of rotatable bonds is 13. The van der Waals surface area contributed by atoms with Crippen LogP contribution in [0.5, 0.6) is 0 Å². The first kappa shape index (κ1) is 36.1. The number of aliphatic imine (C=N–C) groups is 1. The molecule has 2 heterocycles. The van der Waals surface area contributed by atoms with Crippen LogP contribution in [0.3, 0.4) is 0 Å². The first-order valence-electron chi connectivity index (χ1n) is 16.7. The Balaban J connectivity index is 1.40. The molecule has 4 rings (SSSR count). The summed E-state index contributed by atoms with van der Waals surface area (Å²) in [6, 6.07) is 4.09. The second-order valence-electron chi connectivity index (χ2n) is 13.1. The van der Waals surface area contributed by atoms with E-state index in [4.69, 9.17) is 28.2 Å². The highest BCUT2D eigenvalue weighted by Gasteiger charge is 2.51. The van der Waals surface area contributed by atoms with E-state index in [9.17, 15) is 24.0 Å². The fourth-order valence-corrected chi connectivity index (χ4v) is 7.17. The second-order valence-corrected chi connectivity index (χ2v) is 13.1. The molecule has 10 N–H and O–H groups in total. The predicted molar refractivity (Wildman–Crippen MR) is 177 cm³/mol. The maximum absolute atomic E-state index is 14.1. The van der Waals surface area contributed by atoms with E-state index in [1.807, 2.05) is 6.07 Å². The van der Waals surface area contributed by atoms with Crippen molar-refractivity contribution in [3.8, 4) is 6.07 Å². The van der Waals surface area contributed by atoms with Crippen LogP contribution in [-0.2, 0) is 30.4 Å². The van der Waals surface area contributed by atoms with E-state index in [1.165, 1.54) is 11.8 Å². The van der Waals surface area contributed by atoms with Crippen LogP contribution in [0.4, 0.5) is 0 Å². The average Bonchev–Trinajstić information content (AvgIpc) is 3.71. The molecule has 0 radical (unpaired) electrons.